The fourth-order valence-electron chi connectivity index (χ4n) is 4.82. The minimum Gasteiger partial charge on any atom is -0.480 e. The Balaban J connectivity index is 1.27. The largest absolute Gasteiger partial charge is 0.480 e. The van der Waals surface area contributed by atoms with Crippen molar-refractivity contribution in [3.8, 4) is 0 Å². The first-order chi connectivity index (χ1) is 16.2. The number of hydrogen-bond acceptors (Lipinski definition) is 4. The SMILES string of the molecule is O=C(NC(CC1CC1)C(=O)NC(CC1CC2(CC2)NC1=O)C(=O)O)c1cc2cccc(Cl)c2[nH]1. The third-order valence-electron chi connectivity index (χ3n) is 7.12. The zero-order chi connectivity index (χ0) is 24.0. The number of halogens is 1. The molecule has 3 unspecified atom stereocenters. The lowest BCUT2D eigenvalue weighted by Crippen LogP contribution is -2.52. The normalized spacial score (nSPS) is 22.3. The summed E-state index contributed by atoms with van der Waals surface area (Å²) < 4.78 is 0. The van der Waals surface area contributed by atoms with Gasteiger partial charge in [0.25, 0.3) is 5.91 Å². The molecule has 1 aromatic carbocycles. The molecule has 34 heavy (non-hydrogen) atoms. The number of hydrogen-bond donors (Lipinski definition) is 5. The number of carboxylic acid groups (broad SMARTS) is 1. The number of carboxylic acids is 1. The van der Waals surface area contributed by atoms with E-state index in [1.807, 2.05) is 6.07 Å². The summed E-state index contributed by atoms with van der Waals surface area (Å²) in [5, 5.41) is 19.2. The number of fused-ring (bicyclic) bond motifs is 1. The van der Waals surface area contributed by atoms with Crippen molar-refractivity contribution < 1.29 is 24.3 Å². The monoisotopic (exact) mass is 486 g/mol. The molecular formula is C24H27ClN4O5. The fourth-order valence-corrected chi connectivity index (χ4v) is 5.05. The first-order valence-electron chi connectivity index (χ1n) is 11.7. The Morgan fingerprint density at radius 3 is 2.53 bits per heavy atom. The van der Waals surface area contributed by atoms with Crippen LogP contribution in [0, 0.1) is 11.8 Å². The lowest BCUT2D eigenvalue weighted by Gasteiger charge is -2.22. The van der Waals surface area contributed by atoms with Crippen LogP contribution in [0.4, 0.5) is 0 Å². The van der Waals surface area contributed by atoms with E-state index >= 15 is 0 Å². The number of aromatic amines is 1. The van der Waals surface area contributed by atoms with Crippen molar-refractivity contribution >= 4 is 46.2 Å². The van der Waals surface area contributed by atoms with Gasteiger partial charge in [-0.1, -0.05) is 36.6 Å². The van der Waals surface area contributed by atoms with Crippen molar-refractivity contribution in [2.24, 2.45) is 11.8 Å². The van der Waals surface area contributed by atoms with Crippen LogP contribution in [0.5, 0.6) is 0 Å². The van der Waals surface area contributed by atoms with Crippen LogP contribution in [-0.4, -0.2) is 51.4 Å². The molecule has 2 saturated carbocycles. The third kappa shape index (κ3) is 4.75. The number of carbonyl (C=O) groups is 4. The van der Waals surface area contributed by atoms with Gasteiger partial charge in [-0.15, -0.1) is 0 Å². The van der Waals surface area contributed by atoms with E-state index in [9.17, 15) is 24.3 Å². The Kier molecular flexibility index (Phi) is 5.75. The molecule has 5 rings (SSSR count). The molecule has 1 saturated heterocycles. The zero-order valence-electron chi connectivity index (χ0n) is 18.5. The summed E-state index contributed by atoms with van der Waals surface area (Å²) in [6, 6.07) is 4.90. The minimum atomic E-state index is -1.21. The highest BCUT2D eigenvalue weighted by molar-refractivity contribution is 6.35. The maximum Gasteiger partial charge on any atom is 0.326 e. The molecule has 9 nitrogen and oxygen atoms in total. The van der Waals surface area contributed by atoms with Crippen LogP contribution in [0.15, 0.2) is 24.3 Å². The van der Waals surface area contributed by atoms with Gasteiger partial charge in [0.05, 0.1) is 10.5 Å². The van der Waals surface area contributed by atoms with Gasteiger partial charge in [-0.3, -0.25) is 14.4 Å². The first-order valence-corrected chi connectivity index (χ1v) is 12.0. The molecule has 3 aliphatic rings. The second-order valence-corrected chi connectivity index (χ2v) is 10.3. The van der Waals surface area contributed by atoms with Crippen molar-refractivity contribution in [2.75, 3.05) is 0 Å². The highest BCUT2D eigenvalue weighted by Crippen LogP contribution is 2.46. The number of para-hydroxylation sites is 1. The van der Waals surface area contributed by atoms with Gasteiger partial charge >= 0.3 is 5.97 Å². The summed E-state index contributed by atoms with van der Waals surface area (Å²) in [6.07, 6.45) is 4.80. The highest BCUT2D eigenvalue weighted by atomic mass is 35.5. The van der Waals surface area contributed by atoms with Gasteiger partial charge in [0.1, 0.15) is 17.8 Å². The predicted molar refractivity (Wildman–Crippen MR) is 124 cm³/mol. The van der Waals surface area contributed by atoms with Crippen LogP contribution in [0.1, 0.15) is 55.4 Å². The molecule has 3 amide bonds. The van der Waals surface area contributed by atoms with Crippen LogP contribution in [-0.2, 0) is 14.4 Å². The number of rotatable bonds is 9. The maximum atomic E-state index is 13.1. The molecule has 10 heteroatoms. The average Bonchev–Trinajstić information content (AvgIpc) is 3.68. The molecule has 1 aliphatic heterocycles. The van der Waals surface area contributed by atoms with Gasteiger partial charge in [0.15, 0.2) is 0 Å². The number of carbonyl (C=O) groups excluding carboxylic acids is 3. The zero-order valence-corrected chi connectivity index (χ0v) is 19.3. The van der Waals surface area contributed by atoms with Crippen molar-refractivity contribution in [1.29, 1.82) is 0 Å². The molecule has 5 N–H and O–H groups in total. The van der Waals surface area contributed by atoms with Gasteiger partial charge in [-0.25, -0.2) is 4.79 Å². The van der Waals surface area contributed by atoms with Gasteiger partial charge in [0.2, 0.25) is 11.8 Å². The third-order valence-corrected chi connectivity index (χ3v) is 7.44. The number of amides is 3. The minimum absolute atomic E-state index is 0.0271. The lowest BCUT2D eigenvalue weighted by molar-refractivity contribution is -0.142. The smallest absolute Gasteiger partial charge is 0.326 e. The topological polar surface area (TPSA) is 140 Å². The molecule has 0 radical (unpaired) electrons. The summed E-state index contributed by atoms with van der Waals surface area (Å²) in [6.45, 7) is 0. The van der Waals surface area contributed by atoms with Crippen molar-refractivity contribution in [2.45, 2.75) is 62.6 Å². The van der Waals surface area contributed by atoms with Crippen LogP contribution >= 0.6 is 11.6 Å². The van der Waals surface area contributed by atoms with E-state index in [0.717, 1.165) is 31.1 Å². The standard InChI is InChI=1S/C24H27ClN4O5/c25-15-3-1-2-13-9-17(26-19(13)15)22(32)27-16(8-12-4-5-12)21(31)28-18(23(33)34)10-14-11-24(6-7-24)29-20(14)30/h1-3,9,12,14,16,18,26H,4-8,10-11H2,(H,27,32)(H,28,31)(H,29,30)(H,33,34). The first kappa shape index (κ1) is 22.7. The predicted octanol–water partition coefficient (Wildman–Crippen LogP) is 2.35. The van der Waals surface area contributed by atoms with E-state index < -0.39 is 35.8 Å². The van der Waals surface area contributed by atoms with Crippen LogP contribution in [0.2, 0.25) is 5.02 Å². The quantitative estimate of drug-likeness (QED) is 0.370. The number of aliphatic carboxylic acids is 1. The Morgan fingerprint density at radius 1 is 1.15 bits per heavy atom. The van der Waals surface area contributed by atoms with Crippen LogP contribution in [0.25, 0.3) is 10.9 Å². The maximum absolute atomic E-state index is 13.1. The van der Waals surface area contributed by atoms with Crippen LogP contribution < -0.4 is 16.0 Å². The van der Waals surface area contributed by atoms with E-state index in [1.165, 1.54) is 0 Å². The van der Waals surface area contributed by atoms with Crippen LogP contribution in [0.3, 0.4) is 0 Å². The van der Waals surface area contributed by atoms with Gasteiger partial charge in [-0.05, 0) is 50.2 Å². The molecular weight excluding hydrogens is 460 g/mol. The molecule has 1 spiro atoms. The Hall–Kier alpha value is -3.07. The summed E-state index contributed by atoms with van der Waals surface area (Å²) in [4.78, 5) is 53.2. The fraction of sp³-hybridized carbons (Fsp3) is 0.500. The molecule has 2 aliphatic carbocycles. The van der Waals surface area contributed by atoms with Gasteiger partial charge < -0.3 is 26.0 Å². The summed E-state index contributed by atoms with van der Waals surface area (Å²) in [7, 11) is 0. The summed E-state index contributed by atoms with van der Waals surface area (Å²) >= 11 is 6.19. The van der Waals surface area contributed by atoms with Crippen molar-refractivity contribution in [3.05, 3.63) is 35.0 Å². The number of nitrogens with one attached hydrogen (secondary N) is 4. The van der Waals surface area contributed by atoms with E-state index in [0.29, 0.717) is 29.3 Å². The Morgan fingerprint density at radius 2 is 1.91 bits per heavy atom. The summed E-state index contributed by atoms with van der Waals surface area (Å²) in [5.74, 6) is -2.51. The van der Waals surface area contributed by atoms with Crippen molar-refractivity contribution in [1.82, 2.24) is 20.9 Å². The van der Waals surface area contributed by atoms with Gasteiger partial charge in [-0.2, -0.15) is 0 Å². The van der Waals surface area contributed by atoms with Crippen molar-refractivity contribution in [3.63, 3.8) is 0 Å². The Bertz CT molecular complexity index is 1170. The Labute approximate surface area is 201 Å². The molecule has 1 aromatic heterocycles. The number of aromatic nitrogens is 1. The van der Waals surface area contributed by atoms with E-state index in [-0.39, 0.29) is 23.6 Å². The lowest BCUT2D eigenvalue weighted by atomic mass is 9.95. The molecule has 3 fully saturated rings. The molecule has 2 heterocycles. The van der Waals surface area contributed by atoms with E-state index in [2.05, 4.69) is 20.9 Å². The molecule has 2 aromatic rings. The number of benzene rings is 1. The van der Waals surface area contributed by atoms with E-state index in [1.54, 1.807) is 18.2 Å². The molecule has 3 atom stereocenters. The van der Waals surface area contributed by atoms with Gasteiger partial charge in [0, 0.05) is 16.8 Å². The summed E-state index contributed by atoms with van der Waals surface area (Å²) in [5.41, 5.74) is 0.732. The average molecular weight is 487 g/mol. The molecule has 180 valence electrons. The second-order valence-electron chi connectivity index (χ2n) is 9.90. The number of H-pyrrole nitrogens is 1. The second kappa shape index (κ2) is 8.61. The highest BCUT2D eigenvalue weighted by Gasteiger charge is 2.53. The van der Waals surface area contributed by atoms with E-state index in [4.69, 9.17) is 11.6 Å². The molecule has 0 bridgehead atoms.